The Labute approximate surface area is 111 Å². The zero-order valence-corrected chi connectivity index (χ0v) is 11.3. The molecule has 0 fully saturated rings. The molecule has 0 radical (unpaired) electrons. The molecule has 6 heteroatoms. The normalized spacial score (nSPS) is 12.9. The number of nitrogens with one attached hydrogen (secondary N) is 1. The molecule has 0 saturated carbocycles. The highest BCUT2D eigenvalue weighted by molar-refractivity contribution is 5.67. The van der Waals surface area contributed by atoms with Gasteiger partial charge in [-0.05, 0) is 38.5 Å². The Kier molecular flexibility index (Phi) is 5.26. The van der Waals surface area contributed by atoms with Crippen LogP contribution in [0.3, 0.4) is 0 Å². The molecule has 1 aromatic carbocycles. The van der Waals surface area contributed by atoms with Crippen molar-refractivity contribution in [3.05, 3.63) is 35.6 Å². The van der Waals surface area contributed by atoms with Gasteiger partial charge >= 0.3 is 6.09 Å². The molecule has 0 aliphatic heterocycles. The molecule has 5 nitrogen and oxygen atoms in total. The van der Waals surface area contributed by atoms with Crippen LogP contribution in [0.4, 0.5) is 9.18 Å². The lowest BCUT2D eigenvalue weighted by Crippen LogP contribution is -2.35. The van der Waals surface area contributed by atoms with Crippen LogP contribution in [0.25, 0.3) is 0 Å². The molecule has 1 rings (SSSR count). The van der Waals surface area contributed by atoms with E-state index < -0.39 is 23.6 Å². The fourth-order valence-electron chi connectivity index (χ4n) is 1.44. The molecule has 1 atom stereocenters. The monoisotopic (exact) mass is 270 g/mol. The summed E-state index contributed by atoms with van der Waals surface area (Å²) in [5, 5.41) is 2.52. The van der Waals surface area contributed by atoms with Crippen molar-refractivity contribution in [3.63, 3.8) is 0 Å². The predicted molar refractivity (Wildman–Crippen MR) is 68.7 cm³/mol. The molecule has 19 heavy (non-hydrogen) atoms. The largest absolute Gasteiger partial charge is 0.444 e. The second-order valence-electron chi connectivity index (χ2n) is 5.06. The van der Waals surface area contributed by atoms with Crippen LogP contribution in [0.15, 0.2) is 24.3 Å². The van der Waals surface area contributed by atoms with E-state index in [1.807, 2.05) is 0 Å². The summed E-state index contributed by atoms with van der Waals surface area (Å²) < 4.78 is 18.1. The molecular weight excluding hydrogens is 251 g/mol. The zero-order valence-electron chi connectivity index (χ0n) is 11.3. The summed E-state index contributed by atoms with van der Waals surface area (Å²) in [4.78, 5) is 16.2. The van der Waals surface area contributed by atoms with Gasteiger partial charge in [0.25, 0.3) is 0 Å². The fraction of sp³-hybridized carbons (Fsp3) is 0.462. The minimum absolute atomic E-state index is 0.0921. The number of rotatable bonds is 4. The number of carbonyl (C=O) groups excluding carboxylic acids is 1. The first-order chi connectivity index (χ1) is 8.81. The van der Waals surface area contributed by atoms with E-state index >= 15 is 0 Å². The predicted octanol–water partition coefficient (Wildman–Crippen LogP) is 2.28. The number of hydrogen-bond acceptors (Lipinski definition) is 4. The van der Waals surface area contributed by atoms with E-state index in [0.717, 1.165) is 0 Å². The highest BCUT2D eigenvalue weighted by atomic mass is 19.1. The van der Waals surface area contributed by atoms with Gasteiger partial charge in [-0.25, -0.2) is 15.1 Å². The third-order valence-electron chi connectivity index (χ3n) is 2.22. The summed E-state index contributed by atoms with van der Waals surface area (Å²) in [7, 11) is 0. The molecule has 0 bridgehead atoms. The first kappa shape index (κ1) is 15.4. The number of alkyl carbamates (subject to hydrolysis) is 1. The standard InChI is InChI=1S/C13H19FN2O3/c1-13(2,3)18-12(17)16-8-11(19-15)9-5-4-6-10(14)7-9/h4-7,11H,8,15H2,1-3H3,(H,16,17). The van der Waals surface area contributed by atoms with E-state index in [0.29, 0.717) is 5.56 Å². The number of ether oxygens (including phenoxy) is 1. The second-order valence-corrected chi connectivity index (χ2v) is 5.06. The van der Waals surface area contributed by atoms with Crippen molar-refractivity contribution in [1.29, 1.82) is 0 Å². The Morgan fingerprint density at radius 2 is 2.16 bits per heavy atom. The summed E-state index contributed by atoms with van der Waals surface area (Å²) in [5.74, 6) is 4.76. The first-order valence-electron chi connectivity index (χ1n) is 5.89. The van der Waals surface area contributed by atoms with Gasteiger partial charge in [0.15, 0.2) is 0 Å². The van der Waals surface area contributed by atoms with Crippen LogP contribution in [-0.2, 0) is 9.57 Å². The number of benzene rings is 1. The lowest BCUT2D eigenvalue weighted by molar-refractivity contribution is 0.0340. The number of carbonyl (C=O) groups is 1. The molecule has 0 spiro atoms. The Bertz CT molecular complexity index is 432. The molecule has 106 valence electrons. The summed E-state index contributed by atoms with van der Waals surface area (Å²) >= 11 is 0. The van der Waals surface area contributed by atoms with Crippen molar-refractivity contribution in [2.75, 3.05) is 6.54 Å². The Morgan fingerprint density at radius 1 is 1.47 bits per heavy atom. The van der Waals surface area contributed by atoms with Crippen LogP contribution in [0, 0.1) is 5.82 Å². The summed E-state index contributed by atoms with van der Waals surface area (Å²) in [6, 6.07) is 5.83. The SMILES string of the molecule is CC(C)(C)OC(=O)NCC(ON)c1cccc(F)c1. The smallest absolute Gasteiger partial charge is 0.407 e. The fourth-order valence-corrected chi connectivity index (χ4v) is 1.44. The number of amides is 1. The van der Waals surface area contributed by atoms with E-state index in [9.17, 15) is 9.18 Å². The van der Waals surface area contributed by atoms with Crippen molar-refractivity contribution >= 4 is 6.09 Å². The van der Waals surface area contributed by atoms with Gasteiger partial charge in [-0.15, -0.1) is 0 Å². The van der Waals surface area contributed by atoms with E-state index in [4.69, 9.17) is 15.5 Å². The van der Waals surface area contributed by atoms with Gasteiger partial charge in [0.1, 0.15) is 17.5 Å². The van der Waals surface area contributed by atoms with Crippen molar-refractivity contribution in [1.82, 2.24) is 5.32 Å². The van der Waals surface area contributed by atoms with Gasteiger partial charge in [-0.2, -0.15) is 0 Å². The van der Waals surface area contributed by atoms with Crippen molar-refractivity contribution in [3.8, 4) is 0 Å². The minimum Gasteiger partial charge on any atom is -0.444 e. The summed E-state index contributed by atoms with van der Waals surface area (Å²) in [6.07, 6.45) is -1.21. The van der Waals surface area contributed by atoms with Gasteiger partial charge in [0.2, 0.25) is 0 Å². The van der Waals surface area contributed by atoms with Gasteiger partial charge in [0.05, 0.1) is 6.54 Å². The van der Waals surface area contributed by atoms with Crippen molar-refractivity contribution < 1.29 is 18.8 Å². The van der Waals surface area contributed by atoms with Crippen LogP contribution in [0.1, 0.15) is 32.4 Å². The lowest BCUT2D eigenvalue weighted by atomic mass is 10.1. The van der Waals surface area contributed by atoms with Crippen LogP contribution in [-0.4, -0.2) is 18.2 Å². The Morgan fingerprint density at radius 3 is 2.68 bits per heavy atom. The maximum atomic E-state index is 13.1. The van der Waals surface area contributed by atoms with E-state index in [1.54, 1.807) is 32.9 Å². The Balaban J connectivity index is 2.56. The Hall–Kier alpha value is -1.66. The average molecular weight is 270 g/mol. The van der Waals surface area contributed by atoms with Crippen LogP contribution in [0.2, 0.25) is 0 Å². The highest BCUT2D eigenvalue weighted by Gasteiger charge is 2.18. The molecule has 1 aromatic rings. The number of hydrogen-bond donors (Lipinski definition) is 2. The maximum Gasteiger partial charge on any atom is 0.407 e. The highest BCUT2D eigenvalue weighted by Crippen LogP contribution is 2.16. The van der Waals surface area contributed by atoms with E-state index in [2.05, 4.69) is 5.32 Å². The first-order valence-corrected chi connectivity index (χ1v) is 5.89. The molecule has 0 heterocycles. The lowest BCUT2D eigenvalue weighted by Gasteiger charge is -2.21. The maximum absolute atomic E-state index is 13.1. The van der Waals surface area contributed by atoms with Crippen LogP contribution < -0.4 is 11.2 Å². The number of halogens is 1. The average Bonchev–Trinajstić information content (AvgIpc) is 2.27. The van der Waals surface area contributed by atoms with Crippen molar-refractivity contribution in [2.45, 2.75) is 32.5 Å². The minimum atomic E-state index is -0.636. The summed E-state index contributed by atoms with van der Waals surface area (Å²) in [5.41, 5.74) is -0.0410. The topological polar surface area (TPSA) is 73.6 Å². The summed E-state index contributed by atoms with van der Waals surface area (Å²) in [6.45, 7) is 5.37. The molecule has 0 saturated heterocycles. The third kappa shape index (κ3) is 5.67. The molecule has 1 unspecified atom stereocenters. The zero-order chi connectivity index (χ0) is 14.5. The van der Waals surface area contributed by atoms with Gasteiger partial charge in [-0.1, -0.05) is 12.1 Å². The van der Waals surface area contributed by atoms with Gasteiger partial charge in [0, 0.05) is 0 Å². The van der Waals surface area contributed by atoms with Gasteiger partial charge in [-0.3, -0.25) is 4.84 Å². The molecule has 1 amide bonds. The van der Waals surface area contributed by atoms with E-state index in [1.165, 1.54) is 12.1 Å². The van der Waals surface area contributed by atoms with Gasteiger partial charge < -0.3 is 10.1 Å². The van der Waals surface area contributed by atoms with Crippen molar-refractivity contribution in [2.24, 2.45) is 5.90 Å². The van der Waals surface area contributed by atoms with E-state index in [-0.39, 0.29) is 6.54 Å². The van der Waals surface area contributed by atoms with Crippen LogP contribution >= 0.6 is 0 Å². The quantitative estimate of drug-likeness (QED) is 0.823. The number of nitrogens with two attached hydrogens (primary N) is 1. The van der Waals surface area contributed by atoms with Crippen LogP contribution in [0.5, 0.6) is 0 Å². The third-order valence-corrected chi connectivity index (χ3v) is 2.22. The molecular formula is C13H19FN2O3. The second kappa shape index (κ2) is 6.49. The molecule has 0 aliphatic carbocycles. The molecule has 0 aromatic heterocycles. The molecule has 3 N–H and O–H groups in total. The molecule has 0 aliphatic rings.